The van der Waals surface area contributed by atoms with Gasteiger partial charge in [-0.1, -0.05) is 0 Å². The van der Waals surface area contributed by atoms with Crippen LogP contribution >= 0.6 is 0 Å². The Morgan fingerprint density at radius 1 is 1.42 bits per heavy atom. The monoisotopic (exact) mass is 358 g/mol. The summed E-state index contributed by atoms with van der Waals surface area (Å²) in [5, 5.41) is 29.4. The molecule has 9 nitrogen and oxygen atoms in total. The zero-order chi connectivity index (χ0) is 18.3. The molecule has 0 bridgehead atoms. The van der Waals surface area contributed by atoms with E-state index in [1.165, 1.54) is 24.6 Å². The third kappa shape index (κ3) is 6.32. The number of carbonyl (C=O) groups is 3. The first-order valence-electron chi connectivity index (χ1n) is 6.90. The smallest absolute Gasteiger partial charge is 0.351 e. The Kier molecular flexibility index (Phi) is 7.31. The van der Waals surface area contributed by atoms with Crippen molar-refractivity contribution < 1.29 is 33.9 Å². The van der Waals surface area contributed by atoms with Gasteiger partial charge in [-0.15, -0.1) is 0 Å². The highest BCUT2D eigenvalue weighted by molar-refractivity contribution is 7.84. The zero-order valence-corrected chi connectivity index (χ0v) is 13.7. The van der Waals surface area contributed by atoms with Crippen molar-refractivity contribution in [3.8, 4) is 0 Å². The summed E-state index contributed by atoms with van der Waals surface area (Å²) < 4.78 is 11.0. The Morgan fingerprint density at radius 3 is 2.58 bits per heavy atom. The predicted molar refractivity (Wildman–Crippen MR) is 86.4 cm³/mol. The number of nitrogens with one attached hydrogen (secondary N) is 1. The minimum Gasteiger partial charge on any atom is -0.480 e. The molecule has 0 spiro atoms. The summed E-state index contributed by atoms with van der Waals surface area (Å²) in [6.07, 6.45) is 5.45. The van der Waals surface area contributed by atoms with Gasteiger partial charge >= 0.3 is 17.9 Å². The lowest BCUT2D eigenvalue weighted by molar-refractivity contribution is -0.140. The summed E-state index contributed by atoms with van der Waals surface area (Å²) in [5.41, 5.74) is 0.134. The molecular formula is C14H18N2O7S. The first kappa shape index (κ1) is 19.6. The summed E-state index contributed by atoms with van der Waals surface area (Å²) >= 11 is 0. The van der Waals surface area contributed by atoms with E-state index >= 15 is 0 Å². The number of rotatable bonds is 8. The molecule has 0 aliphatic carbocycles. The van der Waals surface area contributed by atoms with Crippen LogP contribution in [0.1, 0.15) is 12.8 Å². The van der Waals surface area contributed by atoms with Gasteiger partial charge in [-0.3, -0.25) is 9.20 Å². The number of aliphatic imine (C=N–C) groups is 1. The fraction of sp³-hybridized carbons (Fsp3) is 0.429. The number of nitrogens with zero attached hydrogens (tertiary/aromatic N) is 1. The molecule has 4 N–H and O–H groups in total. The number of carboxylic acids is 3. The van der Waals surface area contributed by atoms with Crippen LogP contribution < -0.4 is 5.32 Å². The van der Waals surface area contributed by atoms with Crippen molar-refractivity contribution in [2.45, 2.75) is 24.9 Å². The average Bonchev–Trinajstić information content (AvgIpc) is 2.49. The first-order valence-corrected chi connectivity index (χ1v) is 8.63. The maximum atomic E-state index is 11.1. The fourth-order valence-corrected chi connectivity index (χ4v) is 2.49. The summed E-state index contributed by atoms with van der Waals surface area (Å²) in [6, 6.07) is -2.15. The van der Waals surface area contributed by atoms with E-state index in [1.807, 2.05) is 0 Å². The predicted octanol–water partition coefficient (Wildman–Crippen LogP) is -0.380. The van der Waals surface area contributed by atoms with E-state index in [9.17, 15) is 18.6 Å². The number of carboxylic acid groups (broad SMARTS) is 3. The number of hydrogen-bond acceptors (Lipinski definition) is 6. The summed E-state index contributed by atoms with van der Waals surface area (Å²) in [6.45, 7) is 0. The Balaban J connectivity index is 2.90. The van der Waals surface area contributed by atoms with E-state index in [2.05, 4.69) is 10.3 Å². The Bertz CT molecular complexity index is 639. The molecule has 0 radical (unpaired) electrons. The third-order valence-corrected chi connectivity index (χ3v) is 3.96. The molecule has 1 aliphatic heterocycles. The second-order valence-electron chi connectivity index (χ2n) is 5.06. The molecule has 24 heavy (non-hydrogen) atoms. The van der Waals surface area contributed by atoms with Gasteiger partial charge in [0.05, 0.1) is 0 Å². The highest BCUT2D eigenvalue weighted by atomic mass is 32.2. The quantitative estimate of drug-likeness (QED) is 0.428. The molecule has 1 heterocycles. The lowest BCUT2D eigenvalue weighted by atomic mass is 10.00. The van der Waals surface area contributed by atoms with Gasteiger partial charge < -0.3 is 20.6 Å². The Labute approximate surface area is 140 Å². The molecule has 0 aromatic rings. The summed E-state index contributed by atoms with van der Waals surface area (Å²) in [4.78, 5) is 37.0. The van der Waals surface area contributed by atoms with Crippen molar-refractivity contribution in [1.82, 2.24) is 5.32 Å². The van der Waals surface area contributed by atoms with Gasteiger partial charge in [0.15, 0.2) is 0 Å². The molecule has 0 saturated heterocycles. The number of allylic oxidation sites excluding steroid dienone is 2. The van der Waals surface area contributed by atoms with Crippen LogP contribution in [0.5, 0.6) is 0 Å². The van der Waals surface area contributed by atoms with Gasteiger partial charge in [-0.25, -0.2) is 14.4 Å². The molecule has 10 heteroatoms. The van der Waals surface area contributed by atoms with E-state index in [1.54, 1.807) is 0 Å². The van der Waals surface area contributed by atoms with Gasteiger partial charge in [0.2, 0.25) is 0 Å². The Hall–Kier alpha value is -2.49. The van der Waals surface area contributed by atoms with E-state index < -0.39 is 40.8 Å². The van der Waals surface area contributed by atoms with Gasteiger partial charge in [0.1, 0.15) is 17.8 Å². The van der Waals surface area contributed by atoms with E-state index in [0.717, 1.165) is 0 Å². The van der Waals surface area contributed by atoms with Crippen LogP contribution in [0.2, 0.25) is 0 Å². The standard InChI is InChI=1S/C14H18N2O7S/c1-24(23)5-3-9(12(17)18)15-4-2-8-6-10(13(19)20)16-11(7-8)14(21)22/h2,4,6,9,11,16H,3,5,7H2,1H3,(H,17,18)(H,19,20)(H,21,22)/t9-,11?,24?/m0/s1. The molecule has 0 aromatic heterocycles. The maximum Gasteiger partial charge on any atom is 0.351 e. The van der Waals surface area contributed by atoms with E-state index in [4.69, 9.17) is 15.3 Å². The second kappa shape index (κ2) is 8.96. The first-order chi connectivity index (χ1) is 11.2. The molecule has 3 atom stereocenters. The van der Waals surface area contributed by atoms with Crippen LogP contribution in [0.15, 0.2) is 28.4 Å². The van der Waals surface area contributed by atoms with Crippen LogP contribution in [-0.4, -0.2) is 67.7 Å². The summed E-state index contributed by atoms with van der Waals surface area (Å²) in [7, 11) is -1.13. The van der Waals surface area contributed by atoms with Crippen molar-refractivity contribution in [3.63, 3.8) is 0 Å². The van der Waals surface area contributed by atoms with Crippen molar-refractivity contribution in [3.05, 3.63) is 23.4 Å². The van der Waals surface area contributed by atoms with E-state index in [-0.39, 0.29) is 24.3 Å². The molecular weight excluding hydrogens is 340 g/mol. The fourth-order valence-electron chi connectivity index (χ4n) is 1.93. The van der Waals surface area contributed by atoms with Gasteiger partial charge in [-0.05, 0) is 24.1 Å². The van der Waals surface area contributed by atoms with Gasteiger partial charge in [-0.2, -0.15) is 0 Å². The van der Waals surface area contributed by atoms with Crippen LogP contribution in [0, 0.1) is 0 Å². The molecule has 0 aromatic carbocycles. The normalized spacial score (nSPS) is 21.8. The van der Waals surface area contributed by atoms with Crippen molar-refractivity contribution >= 4 is 34.9 Å². The van der Waals surface area contributed by atoms with Crippen molar-refractivity contribution in [1.29, 1.82) is 0 Å². The molecule has 2 unspecified atom stereocenters. The van der Waals surface area contributed by atoms with Crippen LogP contribution in [-0.2, 0) is 25.2 Å². The topological polar surface area (TPSA) is 153 Å². The molecule has 1 rings (SSSR count). The van der Waals surface area contributed by atoms with Gasteiger partial charge in [0, 0.05) is 35.4 Å². The highest BCUT2D eigenvalue weighted by Gasteiger charge is 2.26. The lowest BCUT2D eigenvalue weighted by Crippen LogP contribution is -2.41. The minimum absolute atomic E-state index is 0.0366. The lowest BCUT2D eigenvalue weighted by Gasteiger charge is -2.21. The Morgan fingerprint density at radius 2 is 2.08 bits per heavy atom. The van der Waals surface area contributed by atoms with Gasteiger partial charge in [0.25, 0.3) is 0 Å². The van der Waals surface area contributed by atoms with E-state index in [0.29, 0.717) is 5.57 Å². The minimum atomic E-state index is -1.29. The average molecular weight is 358 g/mol. The summed E-state index contributed by atoms with van der Waals surface area (Å²) in [5.74, 6) is -3.46. The number of hydrogen-bond donors (Lipinski definition) is 4. The van der Waals surface area contributed by atoms with Crippen LogP contribution in [0.4, 0.5) is 0 Å². The zero-order valence-electron chi connectivity index (χ0n) is 12.8. The number of aliphatic carboxylic acids is 3. The van der Waals surface area contributed by atoms with Crippen LogP contribution in [0.3, 0.4) is 0 Å². The largest absolute Gasteiger partial charge is 0.480 e. The van der Waals surface area contributed by atoms with Crippen molar-refractivity contribution in [2.75, 3.05) is 12.0 Å². The molecule has 0 amide bonds. The highest BCUT2D eigenvalue weighted by Crippen LogP contribution is 2.16. The molecule has 0 fully saturated rings. The second-order valence-corrected chi connectivity index (χ2v) is 6.62. The molecule has 0 saturated carbocycles. The SMILES string of the molecule is CS(=O)CC[C@H](N=CC=C1C=C(C(=O)O)NC(C(=O)O)C1)C(=O)O. The molecule has 1 aliphatic rings. The van der Waals surface area contributed by atoms with Crippen molar-refractivity contribution in [2.24, 2.45) is 4.99 Å². The third-order valence-electron chi connectivity index (χ3n) is 3.15. The maximum absolute atomic E-state index is 11.1. The van der Waals surface area contributed by atoms with Crippen LogP contribution in [0.25, 0.3) is 0 Å². The molecule has 132 valence electrons.